The van der Waals surface area contributed by atoms with Crippen molar-refractivity contribution in [3.63, 3.8) is 0 Å². The van der Waals surface area contributed by atoms with Gasteiger partial charge in [-0.2, -0.15) is 5.26 Å². The third kappa shape index (κ3) is 2.85. The molecule has 0 saturated carbocycles. The summed E-state index contributed by atoms with van der Waals surface area (Å²) in [6.45, 7) is 7.37. The Morgan fingerprint density at radius 1 is 1.43 bits per heavy atom. The van der Waals surface area contributed by atoms with Crippen molar-refractivity contribution in [3.05, 3.63) is 11.6 Å². The lowest BCUT2D eigenvalue weighted by Crippen LogP contribution is -2.43. The molecule has 2 unspecified atom stereocenters. The van der Waals surface area contributed by atoms with Crippen molar-refractivity contribution < 1.29 is 0 Å². The minimum absolute atomic E-state index is 0.668. The first-order valence-electron chi connectivity index (χ1n) is 5.47. The molecule has 0 amide bonds. The van der Waals surface area contributed by atoms with Crippen molar-refractivity contribution >= 4 is 0 Å². The minimum atomic E-state index is 0.668. The van der Waals surface area contributed by atoms with Gasteiger partial charge in [-0.15, -0.1) is 0 Å². The molecule has 0 aromatic heterocycles. The van der Waals surface area contributed by atoms with Gasteiger partial charge in [0.15, 0.2) is 0 Å². The second-order valence-electron chi connectivity index (χ2n) is 4.32. The molecule has 1 aliphatic rings. The van der Waals surface area contributed by atoms with E-state index >= 15 is 0 Å². The Morgan fingerprint density at radius 3 is 2.50 bits per heavy atom. The fraction of sp³-hybridized carbons (Fsp3) is 0.750. The average Bonchev–Trinajstić information content (AvgIpc) is 2.16. The third-order valence-electron chi connectivity index (χ3n) is 3.16. The van der Waals surface area contributed by atoms with Gasteiger partial charge in [0.2, 0.25) is 0 Å². The maximum atomic E-state index is 8.66. The highest BCUT2D eigenvalue weighted by Gasteiger charge is 2.23. The molecule has 0 aromatic carbocycles. The summed E-state index contributed by atoms with van der Waals surface area (Å²) in [7, 11) is 0. The number of rotatable bonds is 2. The molecule has 0 bridgehead atoms. The number of nitriles is 1. The molecule has 1 saturated heterocycles. The molecule has 1 heterocycles. The summed E-state index contributed by atoms with van der Waals surface area (Å²) in [6.07, 6.45) is 5.98. The van der Waals surface area contributed by atoms with Gasteiger partial charge < -0.3 is 0 Å². The lowest BCUT2D eigenvalue weighted by Gasteiger charge is -2.38. The molecule has 0 aliphatic carbocycles. The number of allylic oxidation sites excluding steroid dienone is 1. The van der Waals surface area contributed by atoms with E-state index in [2.05, 4.69) is 24.8 Å². The van der Waals surface area contributed by atoms with Gasteiger partial charge in [0.05, 0.1) is 6.07 Å². The van der Waals surface area contributed by atoms with Crippen LogP contribution in [0.15, 0.2) is 11.6 Å². The van der Waals surface area contributed by atoms with Crippen molar-refractivity contribution in [1.29, 1.82) is 5.26 Å². The fourth-order valence-corrected chi connectivity index (χ4v) is 2.12. The van der Waals surface area contributed by atoms with E-state index in [0.29, 0.717) is 12.1 Å². The number of hydrogen-bond acceptors (Lipinski definition) is 2. The zero-order valence-electron chi connectivity index (χ0n) is 9.45. The van der Waals surface area contributed by atoms with E-state index in [9.17, 15) is 0 Å². The Bertz CT molecular complexity index is 240. The van der Waals surface area contributed by atoms with Gasteiger partial charge in [0.1, 0.15) is 0 Å². The monoisotopic (exact) mass is 192 g/mol. The molecule has 0 aromatic rings. The lowest BCUT2D eigenvalue weighted by atomic mass is 9.97. The van der Waals surface area contributed by atoms with Crippen LogP contribution in [0.5, 0.6) is 0 Å². The molecule has 1 aliphatic heterocycles. The summed E-state index contributed by atoms with van der Waals surface area (Å²) in [6, 6.07) is 3.50. The summed E-state index contributed by atoms with van der Waals surface area (Å²) in [5.41, 5.74) is 0.829. The van der Waals surface area contributed by atoms with Crippen LogP contribution >= 0.6 is 0 Å². The van der Waals surface area contributed by atoms with Crippen LogP contribution in [0.2, 0.25) is 0 Å². The van der Waals surface area contributed by atoms with Crippen LogP contribution in [0.1, 0.15) is 40.0 Å². The Labute approximate surface area is 87.2 Å². The molecule has 0 radical (unpaired) electrons. The molecule has 2 atom stereocenters. The van der Waals surface area contributed by atoms with Crippen LogP contribution in [-0.4, -0.2) is 23.5 Å². The molecule has 2 heteroatoms. The summed E-state index contributed by atoms with van der Waals surface area (Å²) in [5.74, 6) is 0. The van der Waals surface area contributed by atoms with Crippen molar-refractivity contribution in [2.75, 3.05) is 6.54 Å². The van der Waals surface area contributed by atoms with E-state index in [4.69, 9.17) is 5.26 Å². The average molecular weight is 192 g/mol. The second kappa shape index (κ2) is 5.17. The number of nitrogens with zero attached hydrogens (tertiary/aromatic N) is 2. The Hall–Kier alpha value is -0.810. The molecular formula is C12H20N2. The van der Waals surface area contributed by atoms with Gasteiger partial charge in [0.25, 0.3) is 0 Å². The van der Waals surface area contributed by atoms with Crippen LogP contribution in [0.4, 0.5) is 0 Å². The summed E-state index contributed by atoms with van der Waals surface area (Å²) < 4.78 is 0. The Balaban J connectivity index is 2.53. The van der Waals surface area contributed by atoms with Crippen LogP contribution in [-0.2, 0) is 0 Å². The standard InChI is InChI=1S/C12H20N2/c1-10(9-13)7-8-14-11(2)5-4-6-12(14)3/h7,11-12H,4-6,8H2,1-3H3/b10-7-. The highest BCUT2D eigenvalue weighted by Crippen LogP contribution is 2.22. The molecule has 78 valence electrons. The zero-order valence-corrected chi connectivity index (χ0v) is 9.45. The predicted octanol–water partition coefficient (Wildman–Crippen LogP) is 2.72. The number of likely N-dealkylation sites (tertiary alicyclic amines) is 1. The topological polar surface area (TPSA) is 27.0 Å². The summed E-state index contributed by atoms with van der Waals surface area (Å²) in [4.78, 5) is 2.49. The normalized spacial score (nSPS) is 30.0. The van der Waals surface area contributed by atoms with Gasteiger partial charge >= 0.3 is 0 Å². The smallest absolute Gasteiger partial charge is 0.0941 e. The quantitative estimate of drug-likeness (QED) is 0.629. The second-order valence-corrected chi connectivity index (χ2v) is 4.32. The first kappa shape index (κ1) is 11.3. The maximum absolute atomic E-state index is 8.66. The first-order chi connectivity index (χ1) is 6.65. The molecular weight excluding hydrogens is 172 g/mol. The SMILES string of the molecule is C/C(C#N)=C/CN1C(C)CCCC1C. The van der Waals surface area contributed by atoms with Crippen LogP contribution in [0, 0.1) is 11.3 Å². The Kier molecular flexibility index (Phi) is 4.16. The number of hydrogen-bond donors (Lipinski definition) is 0. The highest BCUT2D eigenvalue weighted by molar-refractivity contribution is 5.17. The van der Waals surface area contributed by atoms with Crippen molar-refractivity contribution in [1.82, 2.24) is 4.90 Å². The van der Waals surface area contributed by atoms with Crippen molar-refractivity contribution in [2.24, 2.45) is 0 Å². The predicted molar refractivity (Wildman–Crippen MR) is 58.9 cm³/mol. The largest absolute Gasteiger partial charge is 0.294 e. The van der Waals surface area contributed by atoms with Crippen molar-refractivity contribution in [3.8, 4) is 6.07 Å². The Morgan fingerprint density at radius 2 is 2.00 bits per heavy atom. The summed E-state index contributed by atoms with van der Waals surface area (Å²) in [5, 5.41) is 8.66. The van der Waals surface area contributed by atoms with Gasteiger partial charge in [-0.25, -0.2) is 0 Å². The zero-order chi connectivity index (χ0) is 10.6. The van der Waals surface area contributed by atoms with Crippen molar-refractivity contribution in [2.45, 2.75) is 52.1 Å². The lowest BCUT2D eigenvalue weighted by molar-refractivity contribution is 0.118. The van der Waals surface area contributed by atoms with Crippen LogP contribution in [0.3, 0.4) is 0 Å². The molecule has 0 N–H and O–H groups in total. The fourth-order valence-electron chi connectivity index (χ4n) is 2.12. The molecule has 2 nitrogen and oxygen atoms in total. The van der Waals surface area contributed by atoms with Crippen LogP contribution in [0.25, 0.3) is 0 Å². The minimum Gasteiger partial charge on any atom is -0.294 e. The molecule has 0 spiro atoms. The van der Waals surface area contributed by atoms with E-state index in [1.165, 1.54) is 19.3 Å². The van der Waals surface area contributed by atoms with Gasteiger partial charge in [-0.1, -0.05) is 12.5 Å². The highest BCUT2D eigenvalue weighted by atomic mass is 15.2. The van der Waals surface area contributed by atoms with E-state index < -0.39 is 0 Å². The van der Waals surface area contributed by atoms with Gasteiger partial charge in [-0.05, 0) is 33.6 Å². The van der Waals surface area contributed by atoms with E-state index in [1.807, 2.05) is 13.0 Å². The van der Waals surface area contributed by atoms with Gasteiger partial charge in [0, 0.05) is 24.2 Å². The van der Waals surface area contributed by atoms with E-state index in [1.54, 1.807) is 0 Å². The van der Waals surface area contributed by atoms with Gasteiger partial charge in [-0.3, -0.25) is 4.90 Å². The first-order valence-corrected chi connectivity index (χ1v) is 5.47. The summed E-state index contributed by atoms with van der Waals surface area (Å²) >= 11 is 0. The van der Waals surface area contributed by atoms with E-state index in [0.717, 1.165) is 12.1 Å². The maximum Gasteiger partial charge on any atom is 0.0941 e. The molecule has 14 heavy (non-hydrogen) atoms. The van der Waals surface area contributed by atoms with Crippen LogP contribution < -0.4 is 0 Å². The number of piperidine rings is 1. The van der Waals surface area contributed by atoms with E-state index in [-0.39, 0.29) is 0 Å². The molecule has 1 rings (SSSR count). The third-order valence-corrected chi connectivity index (χ3v) is 3.16. The molecule has 1 fully saturated rings.